The smallest absolute Gasteiger partial charge is 0.309 e. The van der Waals surface area contributed by atoms with Gasteiger partial charge < -0.3 is 9.84 Å². The Hall–Kier alpha value is -1.16. The zero-order chi connectivity index (χ0) is 10.6. The molecule has 0 unspecified atom stereocenters. The van der Waals surface area contributed by atoms with Gasteiger partial charge in [-0.25, -0.2) is 0 Å². The standard InChI is InChI=1S/C10H14O4/c1-2-14-9(12)7-10(13)5-3-8(11)4-6-10/h3,5,13H,2,4,6-7H2,1H3/t10-/m1/s1. The molecule has 0 bridgehead atoms. The van der Waals surface area contributed by atoms with Crippen molar-refractivity contribution in [3.8, 4) is 0 Å². The number of esters is 1. The van der Waals surface area contributed by atoms with E-state index in [4.69, 9.17) is 4.74 Å². The highest BCUT2D eigenvalue weighted by atomic mass is 16.5. The number of allylic oxidation sites excluding steroid dienone is 1. The average molecular weight is 198 g/mol. The molecule has 0 spiro atoms. The second kappa shape index (κ2) is 4.37. The van der Waals surface area contributed by atoms with Gasteiger partial charge in [-0.15, -0.1) is 0 Å². The molecule has 78 valence electrons. The SMILES string of the molecule is CCOC(=O)C[C@@]1(O)C=CC(=O)CC1. The van der Waals surface area contributed by atoms with Gasteiger partial charge in [-0.3, -0.25) is 9.59 Å². The van der Waals surface area contributed by atoms with Crippen molar-refractivity contribution < 1.29 is 19.4 Å². The van der Waals surface area contributed by atoms with Gasteiger partial charge in [-0.05, 0) is 25.5 Å². The molecule has 0 saturated heterocycles. The third-order valence-corrected chi connectivity index (χ3v) is 2.14. The zero-order valence-electron chi connectivity index (χ0n) is 8.16. The van der Waals surface area contributed by atoms with Crippen LogP contribution in [0.1, 0.15) is 26.2 Å². The predicted octanol–water partition coefficient (Wildman–Crippen LogP) is 0.590. The van der Waals surface area contributed by atoms with E-state index < -0.39 is 11.6 Å². The Balaban J connectivity index is 2.54. The largest absolute Gasteiger partial charge is 0.466 e. The van der Waals surface area contributed by atoms with E-state index in [0.717, 1.165) is 0 Å². The van der Waals surface area contributed by atoms with Gasteiger partial charge in [0.25, 0.3) is 0 Å². The molecule has 14 heavy (non-hydrogen) atoms. The summed E-state index contributed by atoms with van der Waals surface area (Å²) in [6.07, 6.45) is 3.21. The summed E-state index contributed by atoms with van der Waals surface area (Å²) in [5, 5.41) is 9.85. The summed E-state index contributed by atoms with van der Waals surface area (Å²) in [7, 11) is 0. The molecular formula is C10H14O4. The van der Waals surface area contributed by atoms with Crippen LogP contribution < -0.4 is 0 Å². The topological polar surface area (TPSA) is 63.6 Å². The lowest BCUT2D eigenvalue weighted by Crippen LogP contribution is -2.33. The van der Waals surface area contributed by atoms with Crippen LogP contribution in [-0.2, 0) is 14.3 Å². The van der Waals surface area contributed by atoms with E-state index in [2.05, 4.69) is 0 Å². The van der Waals surface area contributed by atoms with Crippen molar-refractivity contribution in [2.24, 2.45) is 0 Å². The molecule has 1 N–H and O–H groups in total. The van der Waals surface area contributed by atoms with Gasteiger partial charge in [0.1, 0.15) is 0 Å². The summed E-state index contributed by atoms with van der Waals surface area (Å²) in [4.78, 5) is 21.9. The lowest BCUT2D eigenvalue weighted by Gasteiger charge is -2.25. The number of aliphatic hydroxyl groups is 1. The van der Waals surface area contributed by atoms with Crippen molar-refractivity contribution in [1.82, 2.24) is 0 Å². The number of hydrogen-bond acceptors (Lipinski definition) is 4. The molecule has 1 aliphatic carbocycles. The van der Waals surface area contributed by atoms with Gasteiger partial charge in [-0.1, -0.05) is 0 Å². The molecule has 1 atom stereocenters. The van der Waals surface area contributed by atoms with Crippen LogP contribution in [0.3, 0.4) is 0 Å². The molecule has 1 aliphatic rings. The summed E-state index contributed by atoms with van der Waals surface area (Å²) in [6, 6.07) is 0. The van der Waals surface area contributed by atoms with Crippen LogP contribution in [-0.4, -0.2) is 29.1 Å². The molecule has 0 aromatic rings. The predicted molar refractivity (Wildman–Crippen MR) is 49.6 cm³/mol. The Morgan fingerprint density at radius 1 is 1.71 bits per heavy atom. The Labute approximate surface area is 82.6 Å². The van der Waals surface area contributed by atoms with Gasteiger partial charge in [-0.2, -0.15) is 0 Å². The van der Waals surface area contributed by atoms with Crippen molar-refractivity contribution >= 4 is 11.8 Å². The van der Waals surface area contributed by atoms with Gasteiger partial charge in [0.2, 0.25) is 0 Å². The summed E-state index contributed by atoms with van der Waals surface area (Å²) in [6.45, 7) is 2.01. The zero-order valence-corrected chi connectivity index (χ0v) is 8.16. The molecule has 0 fully saturated rings. The van der Waals surface area contributed by atoms with Gasteiger partial charge in [0.05, 0.1) is 18.6 Å². The molecule has 0 aliphatic heterocycles. The van der Waals surface area contributed by atoms with Crippen LogP contribution in [0.15, 0.2) is 12.2 Å². The Morgan fingerprint density at radius 3 is 2.93 bits per heavy atom. The maximum atomic E-state index is 11.1. The lowest BCUT2D eigenvalue weighted by molar-refractivity contribution is -0.147. The molecule has 0 aromatic carbocycles. The van der Waals surface area contributed by atoms with E-state index in [9.17, 15) is 14.7 Å². The number of ketones is 1. The normalized spacial score (nSPS) is 26.3. The van der Waals surface area contributed by atoms with E-state index in [1.807, 2.05) is 0 Å². The minimum absolute atomic E-state index is 0.0152. The molecule has 0 aromatic heterocycles. The first kappa shape index (κ1) is 10.9. The van der Waals surface area contributed by atoms with E-state index in [1.165, 1.54) is 12.2 Å². The maximum Gasteiger partial charge on any atom is 0.309 e. The Kier molecular flexibility index (Phi) is 3.41. The number of rotatable bonds is 3. The van der Waals surface area contributed by atoms with Gasteiger partial charge in [0, 0.05) is 6.42 Å². The fourth-order valence-electron chi connectivity index (χ4n) is 1.36. The second-order valence-electron chi connectivity index (χ2n) is 3.39. The van der Waals surface area contributed by atoms with Crippen LogP contribution >= 0.6 is 0 Å². The first-order chi connectivity index (χ1) is 6.56. The van der Waals surface area contributed by atoms with Crippen LogP contribution in [0, 0.1) is 0 Å². The highest BCUT2D eigenvalue weighted by Crippen LogP contribution is 2.24. The summed E-state index contributed by atoms with van der Waals surface area (Å²) in [5.41, 5.74) is -1.19. The van der Waals surface area contributed by atoms with Crippen molar-refractivity contribution in [2.45, 2.75) is 31.8 Å². The first-order valence-electron chi connectivity index (χ1n) is 4.66. The highest BCUT2D eigenvalue weighted by Gasteiger charge is 2.31. The van der Waals surface area contributed by atoms with Crippen molar-refractivity contribution in [3.63, 3.8) is 0 Å². The summed E-state index contributed by atoms with van der Waals surface area (Å²) < 4.78 is 4.72. The molecule has 0 amide bonds. The highest BCUT2D eigenvalue weighted by molar-refractivity contribution is 5.91. The first-order valence-corrected chi connectivity index (χ1v) is 4.66. The third-order valence-electron chi connectivity index (χ3n) is 2.14. The molecule has 0 radical (unpaired) electrons. The Morgan fingerprint density at radius 2 is 2.43 bits per heavy atom. The molecule has 0 saturated carbocycles. The Bertz CT molecular complexity index is 269. The fraction of sp³-hybridized carbons (Fsp3) is 0.600. The molecule has 0 heterocycles. The monoisotopic (exact) mass is 198 g/mol. The molecule has 1 rings (SSSR count). The lowest BCUT2D eigenvalue weighted by atomic mass is 9.88. The summed E-state index contributed by atoms with van der Waals surface area (Å²) in [5.74, 6) is -0.451. The minimum atomic E-state index is -1.19. The third kappa shape index (κ3) is 2.96. The van der Waals surface area contributed by atoms with E-state index >= 15 is 0 Å². The van der Waals surface area contributed by atoms with Gasteiger partial charge >= 0.3 is 5.97 Å². The average Bonchev–Trinajstić information content (AvgIpc) is 2.11. The van der Waals surface area contributed by atoms with Crippen LogP contribution in [0.5, 0.6) is 0 Å². The van der Waals surface area contributed by atoms with Crippen LogP contribution in [0.4, 0.5) is 0 Å². The number of hydrogen-bond donors (Lipinski definition) is 1. The van der Waals surface area contributed by atoms with E-state index in [-0.39, 0.29) is 18.6 Å². The number of ether oxygens (including phenoxy) is 1. The quantitative estimate of drug-likeness (QED) is 0.674. The van der Waals surface area contributed by atoms with E-state index in [0.29, 0.717) is 13.0 Å². The summed E-state index contributed by atoms with van der Waals surface area (Å²) >= 11 is 0. The van der Waals surface area contributed by atoms with Crippen molar-refractivity contribution in [3.05, 3.63) is 12.2 Å². The van der Waals surface area contributed by atoms with Crippen molar-refractivity contribution in [2.75, 3.05) is 6.61 Å². The number of carbonyl (C=O) groups excluding carboxylic acids is 2. The number of carbonyl (C=O) groups is 2. The minimum Gasteiger partial charge on any atom is -0.466 e. The fourth-order valence-corrected chi connectivity index (χ4v) is 1.36. The van der Waals surface area contributed by atoms with E-state index in [1.54, 1.807) is 6.92 Å². The van der Waals surface area contributed by atoms with Gasteiger partial charge in [0.15, 0.2) is 5.78 Å². The van der Waals surface area contributed by atoms with Crippen LogP contribution in [0.25, 0.3) is 0 Å². The second-order valence-corrected chi connectivity index (χ2v) is 3.39. The van der Waals surface area contributed by atoms with Crippen molar-refractivity contribution in [1.29, 1.82) is 0 Å². The van der Waals surface area contributed by atoms with Crippen LogP contribution in [0.2, 0.25) is 0 Å². The molecule has 4 heteroatoms. The molecule has 4 nitrogen and oxygen atoms in total. The maximum absolute atomic E-state index is 11.1. The molecular weight excluding hydrogens is 184 g/mol.